The first-order valence-corrected chi connectivity index (χ1v) is 4.47. The zero-order valence-electron chi connectivity index (χ0n) is 8.07. The lowest BCUT2D eigenvalue weighted by molar-refractivity contribution is 0.785. The Balaban J connectivity index is 2.36. The van der Waals surface area contributed by atoms with Crippen molar-refractivity contribution in [2.45, 2.75) is 0 Å². The van der Waals surface area contributed by atoms with Gasteiger partial charge in [0, 0.05) is 19.4 Å². The van der Waals surface area contributed by atoms with E-state index in [1.807, 2.05) is 17.8 Å². The number of fused-ring (bicyclic) bond motifs is 1. The second kappa shape index (κ2) is 2.88. The van der Waals surface area contributed by atoms with Gasteiger partial charge in [-0.1, -0.05) is 0 Å². The van der Waals surface area contributed by atoms with Gasteiger partial charge in [-0.2, -0.15) is 5.10 Å². The summed E-state index contributed by atoms with van der Waals surface area (Å²) in [6.45, 7) is 0. The summed E-state index contributed by atoms with van der Waals surface area (Å²) in [7, 11) is 1.85. The molecule has 0 unspecified atom stereocenters. The largest absolute Gasteiger partial charge is 0.290 e. The molecule has 6 heteroatoms. The van der Waals surface area contributed by atoms with Crippen LogP contribution >= 0.6 is 0 Å². The standard InChI is InChI=1S/C9H8N6/c1-14-8-7(4-13-14)9(12-5-11-8)15-3-2-10-6-15/h2-6H,1H3. The predicted molar refractivity (Wildman–Crippen MR) is 53.4 cm³/mol. The molecule has 15 heavy (non-hydrogen) atoms. The first kappa shape index (κ1) is 8.10. The third kappa shape index (κ3) is 1.11. The van der Waals surface area contributed by atoms with E-state index in [4.69, 9.17) is 0 Å². The molecule has 0 N–H and O–H groups in total. The van der Waals surface area contributed by atoms with E-state index in [1.54, 1.807) is 23.4 Å². The Labute approximate surface area is 85.2 Å². The van der Waals surface area contributed by atoms with Crippen molar-refractivity contribution < 1.29 is 0 Å². The van der Waals surface area contributed by atoms with Gasteiger partial charge in [0.1, 0.15) is 12.7 Å². The van der Waals surface area contributed by atoms with Crippen LogP contribution in [0.2, 0.25) is 0 Å². The van der Waals surface area contributed by atoms with Gasteiger partial charge in [0.05, 0.1) is 11.6 Å². The van der Waals surface area contributed by atoms with Gasteiger partial charge in [0.15, 0.2) is 11.5 Å². The SMILES string of the molecule is Cn1ncc2c(-n3ccnc3)ncnc21. The van der Waals surface area contributed by atoms with Crippen molar-refractivity contribution in [3.05, 3.63) is 31.2 Å². The predicted octanol–water partition coefficient (Wildman–Crippen LogP) is 0.549. The number of hydrogen-bond acceptors (Lipinski definition) is 4. The molecule has 6 nitrogen and oxygen atoms in total. The molecule has 0 fully saturated rings. The minimum atomic E-state index is 0.797. The number of rotatable bonds is 1. The van der Waals surface area contributed by atoms with E-state index < -0.39 is 0 Å². The summed E-state index contributed by atoms with van der Waals surface area (Å²) in [5, 5.41) is 5.06. The lowest BCUT2D eigenvalue weighted by atomic mass is 10.4. The molecular formula is C9H8N6. The van der Waals surface area contributed by atoms with Crippen LogP contribution < -0.4 is 0 Å². The van der Waals surface area contributed by atoms with Crippen LogP contribution in [0.1, 0.15) is 0 Å². The third-order valence-corrected chi connectivity index (χ3v) is 2.26. The number of aryl methyl sites for hydroxylation is 1. The molecule has 3 rings (SSSR count). The molecule has 0 saturated carbocycles. The summed E-state index contributed by atoms with van der Waals surface area (Å²) >= 11 is 0. The van der Waals surface area contributed by atoms with Gasteiger partial charge in [-0.25, -0.2) is 15.0 Å². The van der Waals surface area contributed by atoms with E-state index in [0.29, 0.717) is 0 Å². The molecule has 3 aromatic heterocycles. The fourth-order valence-electron chi connectivity index (χ4n) is 1.54. The molecule has 0 bridgehead atoms. The van der Waals surface area contributed by atoms with Crippen LogP contribution in [0.15, 0.2) is 31.2 Å². The molecule has 0 radical (unpaired) electrons. The number of hydrogen-bond donors (Lipinski definition) is 0. The van der Waals surface area contributed by atoms with Crippen molar-refractivity contribution in [1.82, 2.24) is 29.3 Å². The topological polar surface area (TPSA) is 61.4 Å². The quantitative estimate of drug-likeness (QED) is 0.575. The average molecular weight is 200 g/mol. The van der Waals surface area contributed by atoms with Crippen LogP contribution in [0, 0.1) is 0 Å². The summed E-state index contributed by atoms with van der Waals surface area (Å²) < 4.78 is 3.56. The zero-order chi connectivity index (χ0) is 10.3. The van der Waals surface area contributed by atoms with Gasteiger partial charge in [-0.15, -0.1) is 0 Å². The minimum Gasteiger partial charge on any atom is -0.290 e. The average Bonchev–Trinajstić information content (AvgIpc) is 2.88. The Morgan fingerprint density at radius 1 is 1.27 bits per heavy atom. The molecule has 0 aliphatic carbocycles. The number of aromatic nitrogens is 6. The van der Waals surface area contributed by atoms with E-state index in [-0.39, 0.29) is 0 Å². The number of nitrogens with zero attached hydrogens (tertiary/aromatic N) is 6. The molecular weight excluding hydrogens is 192 g/mol. The smallest absolute Gasteiger partial charge is 0.163 e. The summed E-state index contributed by atoms with van der Waals surface area (Å²) in [4.78, 5) is 12.4. The Morgan fingerprint density at radius 2 is 2.20 bits per heavy atom. The van der Waals surface area contributed by atoms with Crippen LogP contribution in [0.25, 0.3) is 16.9 Å². The highest BCUT2D eigenvalue weighted by Crippen LogP contribution is 2.16. The molecule has 0 atom stereocenters. The second-order valence-corrected chi connectivity index (χ2v) is 3.17. The summed E-state index contributed by atoms with van der Waals surface area (Å²) in [6, 6.07) is 0. The fraction of sp³-hybridized carbons (Fsp3) is 0.111. The summed E-state index contributed by atoms with van der Waals surface area (Å²) in [5.41, 5.74) is 0.814. The molecule has 0 aromatic carbocycles. The zero-order valence-corrected chi connectivity index (χ0v) is 8.07. The lowest BCUT2D eigenvalue weighted by Crippen LogP contribution is -1.97. The van der Waals surface area contributed by atoms with E-state index in [1.165, 1.54) is 6.33 Å². The molecule has 0 saturated heterocycles. The van der Waals surface area contributed by atoms with Gasteiger partial charge in [-0.05, 0) is 0 Å². The highest BCUT2D eigenvalue weighted by molar-refractivity contribution is 5.81. The Morgan fingerprint density at radius 3 is 3.00 bits per heavy atom. The Bertz CT molecular complexity index is 594. The van der Waals surface area contributed by atoms with Crippen molar-refractivity contribution in [1.29, 1.82) is 0 Å². The van der Waals surface area contributed by atoms with Crippen LogP contribution in [-0.2, 0) is 7.05 Å². The van der Waals surface area contributed by atoms with E-state index in [9.17, 15) is 0 Å². The van der Waals surface area contributed by atoms with Crippen molar-refractivity contribution in [2.24, 2.45) is 7.05 Å². The van der Waals surface area contributed by atoms with Gasteiger partial charge in [-0.3, -0.25) is 9.25 Å². The van der Waals surface area contributed by atoms with Gasteiger partial charge in [0.25, 0.3) is 0 Å². The lowest BCUT2D eigenvalue weighted by Gasteiger charge is -2.01. The van der Waals surface area contributed by atoms with Crippen molar-refractivity contribution in [3.8, 4) is 5.82 Å². The number of imidazole rings is 1. The van der Waals surface area contributed by atoms with E-state index in [2.05, 4.69) is 20.1 Å². The highest BCUT2D eigenvalue weighted by Gasteiger charge is 2.08. The molecule has 0 aliphatic heterocycles. The van der Waals surface area contributed by atoms with Crippen molar-refractivity contribution in [2.75, 3.05) is 0 Å². The van der Waals surface area contributed by atoms with E-state index in [0.717, 1.165) is 16.9 Å². The monoisotopic (exact) mass is 200 g/mol. The fourth-order valence-corrected chi connectivity index (χ4v) is 1.54. The Kier molecular flexibility index (Phi) is 1.55. The first-order chi connectivity index (χ1) is 7.36. The normalized spacial score (nSPS) is 11.0. The van der Waals surface area contributed by atoms with Gasteiger partial charge in [0.2, 0.25) is 0 Å². The molecule has 74 valence electrons. The maximum absolute atomic E-state index is 4.22. The first-order valence-electron chi connectivity index (χ1n) is 4.47. The summed E-state index contributed by atoms with van der Waals surface area (Å²) in [6.07, 6.45) is 8.54. The highest BCUT2D eigenvalue weighted by atomic mass is 15.3. The molecule has 3 aromatic rings. The second-order valence-electron chi connectivity index (χ2n) is 3.17. The van der Waals surface area contributed by atoms with Crippen LogP contribution in [0.5, 0.6) is 0 Å². The molecule has 0 spiro atoms. The maximum atomic E-state index is 4.22. The van der Waals surface area contributed by atoms with Crippen LogP contribution in [-0.4, -0.2) is 29.3 Å². The molecule has 0 aliphatic rings. The third-order valence-electron chi connectivity index (χ3n) is 2.26. The van der Waals surface area contributed by atoms with Crippen molar-refractivity contribution in [3.63, 3.8) is 0 Å². The van der Waals surface area contributed by atoms with Gasteiger partial charge >= 0.3 is 0 Å². The molecule has 3 heterocycles. The van der Waals surface area contributed by atoms with Gasteiger partial charge < -0.3 is 0 Å². The Hall–Kier alpha value is -2.24. The van der Waals surface area contributed by atoms with E-state index >= 15 is 0 Å². The summed E-state index contributed by atoms with van der Waals surface area (Å²) in [5.74, 6) is 0.797. The van der Waals surface area contributed by atoms with Crippen LogP contribution in [0.4, 0.5) is 0 Å². The van der Waals surface area contributed by atoms with Crippen molar-refractivity contribution >= 4 is 11.0 Å². The maximum Gasteiger partial charge on any atom is 0.163 e. The van der Waals surface area contributed by atoms with Crippen LogP contribution in [0.3, 0.4) is 0 Å². The minimum absolute atomic E-state index is 0.797. The molecule has 0 amide bonds.